The smallest absolute Gasteiger partial charge is 0.169 e. The summed E-state index contributed by atoms with van der Waals surface area (Å²) in [6.07, 6.45) is -0.227. The molecule has 0 aromatic rings. The van der Waals surface area contributed by atoms with Gasteiger partial charge in [-0.05, 0) is 0 Å². The zero-order valence-corrected chi connectivity index (χ0v) is 9.11. The Morgan fingerprint density at radius 1 is 1.31 bits per heavy atom. The second kappa shape index (κ2) is 3.95. The number of hydrogen-bond acceptors (Lipinski definition) is 3. The molecule has 13 heavy (non-hydrogen) atoms. The third kappa shape index (κ3) is 2.93. The third-order valence-corrected chi connectivity index (χ3v) is 2.40. The second-order valence-electron chi connectivity index (χ2n) is 4.46. The van der Waals surface area contributed by atoms with Crippen LogP contribution in [-0.2, 0) is 4.79 Å². The van der Waals surface area contributed by atoms with Crippen LogP contribution in [0.1, 0.15) is 20.8 Å². The Bertz CT molecular complexity index is 192. The summed E-state index contributed by atoms with van der Waals surface area (Å²) in [6, 6.07) is 0. The molecule has 1 fully saturated rings. The van der Waals surface area contributed by atoms with Crippen molar-refractivity contribution in [3.63, 3.8) is 0 Å². The molecule has 0 atom stereocenters. The Kier molecular flexibility index (Phi) is 3.33. The summed E-state index contributed by atoms with van der Waals surface area (Å²) >= 11 is 5.86. The first-order valence-corrected chi connectivity index (χ1v) is 5.00. The van der Waals surface area contributed by atoms with Crippen LogP contribution in [0, 0.1) is 5.41 Å². The molecular weight excluding hydrogens is 188 g/mol. The van der Waals surface area contributed by atoms with Gasteiger partial charge in [0.1, 0.15) is 6.17 Å². The van der Waals surface area contributed by atoms with Crippen LogP contribution < -0.4 is 10.6 Å². The van der Waals surface area contributed by atoms with E-state index in [1.165, 1.54) is 0 Å². The highest BCUT2D eigenvalue weighted by Crippen LogP contribution is 2.17. The standard InChI is InChI=1S/C9H17ClN2O/c1-9(2,3)7(13)8-11-4-6(10)5-12-8/h6,8,11-12H,4-5H2,1-3H3. The van der Waals surface area contributed by atoms with E-state index in [0.717, 1.165) is 0 Å². The molecule has 0 aliphatic carbocycles. The maximum Gasteiger partial charge on any atom is 0.169 e. The molecule has 0 radical (unpaired) electrons. The number of alkyl halides is 1. The van der Waals surface area contributed by atoms with Gasteiger partial charge in [0.25, 0.3) is 0 Å². The predicted octanol–water partition coefficient (Wildman–Crippen LogP) is 0.728. The van der Waals surface area contributed by atoms with E-state index in [1.807, 2.05) is 20.8 Å². The van der Waals surface area contributed by atoms with Crippen LogP contribution in [0.2, 0.25) is 0 Å². The number of ketones is 1. The number of nitrogens with one attached hydrogen (secondary N) is 2. The Balaban J connectivity index is 2.50. The lowest BCUT2D eigenvalue weighted by atomic mass is 9.88. The van der Waals surface area contributed by atoms with Crippen molar-refractivity contribution in [2.45, 2.75) is 32.3 Å². The average molecular weight is 205 g/mol. The van der Waals surface area contributed by atoms with E-state index < -0.39 is 0 Å². The van der Waals surface area contributed by atoms with Crippen molar-refractivity contribution in [3.8, 4) is 0 Å². The maximum absolute atomic E-state index is 11.8. The third-order valence-electron chi connectivity index (χ3n) is 2.09. The van der Waals surface area contributed by atoms with Crippen LogP contribution in [-0.4, -0.2) is 30.4 Å². The molecule has 1 aliphatic heterocycles. The second-order valence-corrected chi connectivity index (χ2v) is 5.08. The zero-order valence-electron chi connectivity index (χ0n) is 8.36. The largest absolute Gasteiger partial charge is 0.296 e. The molecule has 0 amide bonds. The lowest BCUT2D eigenvalue weighted by Gasteiger charge is -2.31. The summed E-state index contributed by atoms with van der Waals surface area (Å²) in [4.78, 5) is 11.8. The molecule has 1 aliphatic rings. The van der Waals surface area contributed by atoms with Crippen LogP contribution >= 0.6 is 11.6 Å². The molecule has 76 valence electrons. The molecule has 0 unspecified atom stereocenters. The van der Waals surface area contributed by atoms with Crippen molar-refractivity contribution in [2.75, 3.05) is 13.1 Å². The summed E-state index contributed by atoms with van der Waals surface area (Å²) < 4.78 is 0. The molecule has 0 saturated carbocycles. The van der Waals surface area contributed by atoms with E-state index >= 15 is 0 Å². The molecule has 0 bridgehead atoms. The lowest BCUT2D eigenvalue weighted by Crippen LogP contribution is -2.59. The summed E-state index contributed by atoms with van der Waals surface area (Å²) in [5.74, 6) is 0.191. The molecular formula is C9H17ClN2O. The van der Waals surface area contributed by atoms with Crippen molar-refractivity contribution in [3.05, 3.63) is 0 Å². The first-order valence-electron chi connectivity index (χ1n) is 4.56. The molecule has 4 heteroatoms. The monoisotopic (exact) mass is 204 g/mol. The van der Waals surface area contributed by atoms with Gasteiger partial charge in [-0.2, -0.15) is 0 Å². The molecule has 1 heterocycles. The number of carbonyl (C=O) groups is 1. The first kappa shape index (κ1) is 11.0. The van der Waals surface area contributed by atoms with Crippen LogP contribution in [0.4, 0.5) is 0 Å². The van der Waals surface area contributed by atoms with Gasteiger partial charge in [0.05, 0.1) is 5.38 Å². The van der Waals surface area contributed by atoms with Crippen molar-refractivity contribution >= 4 is 17.4 Å². The zero-order chi connectivity index (χ0) is 10.1. The molecule has 2 N–H and O–H groups in total. The van der Waals surface area contributed by atoms with Crippen LogP contribution in [0.5, 0.6) is 0 Å². The fraction of sp³-hybridized carbons (Fsp3) is 0.889. The minimum atomic E-state index is -0.302. The van der Waals surface area contributed by atoms with E-state index in [2.05, 4.69) is 10.6 Å². The summed E-state index contributed by atoms with van der Waals surface area (Å²) in [6.45, 7) is 7.16. The predicted molar refractivity (Wildman–Crippen MR) is 53.9 cm³/mol. The van der Waals surface area contributed by atoms with Gasteiger partial charge in [0.15, 0.2) is 5.78 Å². The minimum Gasteiger partial charge on any atom is -0.296 e. The molecule has 0 aromatic heterocycles. The summed E-state index contributed by atoms with van der Waals surface area (Å²) in [7, 11) is 0. The van der Waals surface area contributed by atoms with Crippen LogP contribution in [0.25, 0.3) is 0 Å². The number of carbonyl (C=O) groups excluding carboxylic acids is 1. The van der Waals surface area contributed by atoms with Gasteiger partial charge in [-0.25, -0.2) is 0 Å². The molecule has 1 rings (SSSR count). The van der Waals surface area contributed by atoms with Crippen LogP contribution in [0.3, 0.4) is 0 Å². The SMILES string of the molecule is CC(C)(C)C(=O)C1NCC(Cl)CN1. The highest BCUT2D eigenvalue weighted by molar-refractivity contribution is 6.21. The van der Waals surface area contributed by atoms with Gasteiger partial charge in [0.2, 0.25) is 0 Å². The molecule has 0 spiro atoms. The van der Waals surface area contributed by atoms with Gasteiger partial charge in [-0.1, -0.05) is 20.8 Å². The van der Waals surface area contributed by atoms with Crippen molar-refractivity contribution < 1.29 is 4.79 Å². The maximum atomic E-state index is 11.8. The average Bonchev–Trinajstić information content (AvgIpc) is 2.03. The highest BCUT2D eigenvalue weighted by atomic mass is 35.5. The van der Waals surface area contributed by atoms with Gasteiger partial charge in [-0.3, -0.25) is 15.4 Å². The van der Waals surface area contributed by atoms with E-state index in [1.54, 1.807) is 0 Å². The fourth-order valence-electron chi connectivity index (χ4n) is 1.25. The van der Waals surface area contributed by atoms with Crippen LogP contribution in [0.15, 0.2) is 0 Å². The molecule has 1 saturated heterocycles. The minimum absolute atomic E-state index is 0.0871. The normalized spacial score (nSPS) is 30.2. The van der Waals surface area contributed by atoms with Gasteiger partial charge in [-0.15, -0.1) is 11.6 Å². The van der Waals surface area contributed by atoms with E-state index in [-0.39, 0.29) is 22.7 Å². The van der Waals surface area contributed by atoms with Crippen molar-refractivity contribution in [2.24, 2.45) is 5.41 Å². The number of halogens is 1. The Labute approximate surface area is 84.2 Å². The lowest BCUT2D eigenvalue weighted by molar-refractivity contribution is -0.129. The van der Waals surface area contributed by atoms with Gasteiger partial charge in [0, 0.05) is 18.5 Å². The van der Waals surface area contributed by atoms with Crippen molar-refractivity contribution in [1.82, 2.24) is 10.6 Å². The van der Waals surface area contributed by atoms with Crippen molar-refractivity contribution in [1.29, 1.82) is 0 Å². The van der Waals surface area contributed by atoms with E-state index in [4.69, 9.17) is 11.6 Å². The first-order chi connectivity index (χ1) is 5.91. The highest BCUT2D eigenvalue weighted by Gasteiger charge is 2.31. The number of hydrogen-bond donors (Lipinski definition) is 2. The molecule has 3 nitrogen and oxygen atoms in total. The van der Waals surface area contributed by atoms with E-state index in [0.29, 0.717) is 13.1 Å². The number of Topliss-reactive ketones (excluding diaryl/α,β-unsaturated/α-hetero) is 1. The fourth-order valence-corrected chi connectivity index (χ4v) is 1.43. The quantitative estimate of drug-likeness (QED) is 0.619. The Hall–Kier alpha value is -0.120. The summed E-state index contributed by atoms with van der Waals surface area (Å²) in [5, 5.41) is 6.25. The topological polar surface area (TPSA) is 41.1 Å². The Morgan fingerprint density at radius 3 is 2.15 bits per heavy atom. The van der Waals surface area contributed by atoms with Gasteiger partial charge < -0.3 is 0 Å². The van der Waals surface area contributed by atoms with Gasteiger partial charge >= 0.3 is 0 Å². The summed E-state index contributed by atoms with van der Waals surface area (Å²) in [5.41, 5.74) is -0.302. The molecule has 0 aromatic carbocycles. The Morgan fingerprint density at radius 2 is 1.77 bits per heavy atom. The number of rotatable bonds is 1. The van der Waals surface area contributed by atoms with E-state index in [9.17, 15) is 4.79 Å².